The summed E-state index contributed by atoms with van der Waals surface area (Å²) in [5, 5.41) is 9.04. The number of halogens is 1. The molecule has 1 aliphatic carbocycles. The van der Waals surface area contributed by atoms with E-state index in [4.69, 9.17) is 5.11 Å². The number of hydrogen-bond donors (Lipinski definition) is 1. The Labute approximate surface area is 113 Å². The molecule has 1 saturated carbocycles. The Bertz CT molecular complexity index is 508. The summed E-state index contributed by atoms with van der Waals surface area (Å²) < 4.78 is 26.9. The van der Waals surface area contributed by atoms with Crippen LogP contribution in [0, 0.1) is 0 Å². The van der Waals surface area contributed by atoms with Crippen LogP contribution in [0.5, 0.6) is 0 Å². The Morgan fingerprint density at radius 2 is 2.24 bits per heavy atom. The van der Waals surface area contributed by atoms with Gasteiger partial charge >= 0.3 is 0 Å². The van der Waals surface area contributed by atoms with Crippen molar-refractivity contribution in [1.82, 2.24) is 4.31 Å². The van der Waals surface area contributed by atoms with Gasteiger partial charge in [0.2, 0.25) is 10.0 Å². The van der Waals surface area contributed by atoms with Crippen LogP contribution in [0.2, 0.25) is 0 Å². The van der Waals surface area contributed by atoms with E-state index >= 15 is 0 Å². The third-order valence-electron chi connectivity index (χ3n) is 2.71. The third-order valence-corrected chi connectivity index (χ3v) is 6.98. The van der Waals surface area contributed by atoms with E-state index in [0.717, 1.165) is 12.8 Å². The van der Waals surface area contributed by atoms with Gasteiger partial charge in [-0.2, -0.15) is 4.31 Å². The van der Waals surface area contributed by atoms with Crippen molar-refractivity contribution in [2.24, 2.45) is 0 Å². The monoisotopic (exact) mass is 339 g/mol. The Balaban J connectivity index is 2.39. The molecular weight excluding hydrogens is 326 g/mol. The van der Waals surface area contributed by atoms with Crippen molar-refractivity contribution in [3.63, 3.8) is 0 Å². The number of aliphatic hydroxyl groups excluding tert-OH is 1. The molecule has 1 aromatic heterocycles. The highest BCUT2D eigenvalue weighted by Crippen LogP contribution is 2.37. The van der Waals surface area contributed by atoms with Gasteiger partial charge in [-0.15, -0.1) is 11.3 Å². The predicted octanol–water partition coefficient (Wildman–Crippen LogP) is 2.18. The number of thiophene rings is 1. The van der Waals surface area contributed by atoms with Crippen LogP contribution in [-0.2, 0) is 16.6 Å². The molecule has 0 atom stereocenters. The van der Waals surface area contributed by atoms with Gasteiger partial charge in [0, 0.05) is 17.5 Å². The van der Waals surface area contributed by atoms with Gasteiger partial charge in [0.1, 0.15) is 4.90 Å². The zero-order chi connectivity index (χ0) is 12.6. The normalized spacial score (nSPS) is 16.7. The van der Waals surface area contributed by atoms with E-state index in [0.29, 0.717) is 15.2 Å². The summed E-state index contributed by atoms with van der Waals surface area (Å²) in [5.74, 6) is 0. The van der Waals surface area contributed by atoms with Crippen LogP contribution in [0.15, 0.2) is 14.7 Å². The minimum Gasteiger partial charge on any atom is -0.391 e. The lowest BCUT2D eigenvalue weighted by Gasteiger charge is -2.19. The first-order chi connectivity index (χ1) is 8.00. The van der Waals surface area contributed by atoms with Gasteiger partial charge in [-0.05, 0) is 34.8 Å². The average Bonchev–Trinajstić information content (AvgIpc) is 3.01. The largest absolute Gasteiger partial charge is 0.391 e. The molecule has 1 aromatic rings. The molecule has 96 valence electrons. The first-order valence-electron chi connectivity index (χ1n) is 5.41. The van der Waals surface area contributed by atoms with Crippen LogP contribution in [0.1, 0.15) is 24.6 Å². The van der Waals surface area contributed by atoms with Crippen LogP contribution in [0.25, 0.3) is 0 Å². The van der Waals surface area contributed by atoms with Crippen molar-refractivity contribution in [1.29, 1.82) is 0 Å². The fourth-order valence-electron chi connectivity index (χ4n) is 1.76. The van der Waals surface area contributed by atoms with Crippen LogP contribution < -0.4 is 0 Å². The highest BCUT2D eigenvalue weighted by molar-refractivity contribution is 9.11. The van der Waals surface area contributed by atoms with Crippen LogP contribution >= 0.6 is 27.3 Å². The van der Waals surface area contributed by atoms with E-state index in [9.17, 15) is 8.42 Å². The van der Waals surface area contributed by atoms with E-state index in [2.05, 4.69) is 15.9 Å². The third kappa shape index (κ3) is 2.58. The molecule has 0 unspecified atom stereocenters. The zero-order valence-electron chi connectivity index (χ0n) is 9.39. The molecule has 0 aliphatic heterocycles. The van der Waals surface area contributed by atoms with Crippen molar-refractivity contribution in [3.8, 4) is 0 Å². The van der Waals surface area contributed by atoms with E-state index < -0.39 is 10.0 Å². The molecular formula is C10H14BrNO3S2. The molecule has 1 heterocycles. The molecule has 17 heavy (non-hydrogen) atoms. The summed E-state index contributed by atoms with van der Waals surface area (Å²) in [6.07, 6.45) is 1.89. The summed E-state index contributed by atoms with van der Waals surface area (Å²) in [5.41, 5.74) is 0. The Hall–Kier alpha value is 0.0500. The Morgan fingerprint density at radius 3 is 2.65 bits per heavy atom. The maximum absolute atomic E-state index is 12.4. The van der Waals surface area contributed by atoms with E-state index in [1.165, 1.54) is 11.3 Å². The maximum Gasteiger partial charge on any atom is 0.245 e. The summed E-state index contributed by atoms with van der Waals surface area (Å²) in [6.45, 7) is 2.21. The Kier molecular flexibility index (Phi) is 3.94. The van der Waals surface area contributed by atoms with Crippen molar-refractivity contribution >= 4 is 37.3 Å². The summed E-state index contributed by atoms with van der Waals surface area (Å²) in [4.78, 5) is 0.933. The van der Waals surface area contributed by atoms with Gasteiger partial charge in [-0.3, -0.25) is 0 Å². The molecule has 0 aromatic carbocycles. The fraction of sp³-hybridized carbons (Fsp3) is 0.600. The summed E-state index contributed by atoms with van der Waals surface area (Å²) in [7, 11) is -3.42. The number of rotatable bonds is 5. The SMILES string of the molecule is CCN(C1CC1)S(=O)(=O)c1cc(CO)sc1Br. The highest BCUT2D eigenvalue weighted by atomic mass is 79.9. The van der Waals surface area contributed by atoms with Crippen LogP contribution in [0.4, 0.5) is 0 Å². The quantitative estimate of drug-likeness (QED) is 0.894. The molecule has 0 saturated heterocycles. The lowest BCUT2D eigenvalue weighted by atomic mass is 10.5. The molecule has 1 fully saturated rings. The maximum atomic E-state index is 12.4. The predicted molar refractivity (Wildman–Crippen MR) is 70.5 cm³/mol. The lowest BCUT2D eigenvalue weighted by molar-refractivity contribution is 0.285. The summed E-state index contributed by atoms with van der Waals surface area (Å²) in [6, 6.07) is 1.71. The van der Waals surface area contributed by atoms with Gasteiger partial charge in [0.05, 0.1) is 10.4 Å². The minimum absolute atomic E-state index is 0.131. The molecule has 7 heteroatoms. The van der Waals surface area contributed by atoms with Gasteiger partial charge in [0.25, 0.3) is 0 Å². The minimum atomic E-state index is -3.42. The first kappa shape index (κ1) is 13.5. The second kappa shape index (κ2) is 4.97. The average molecular weight is 340 g/mol. The number of aliphatic hydroxyl groups is 1. The first-order valence-corrected chi connectivity index (χ1v) is 8.46. The van der Waals surface area contributed by atoms with Gasteiger partial charge in [-0.1, -0.05) is 6.92 Å². The van der Waals surface area contributed by atoms with Crippen molar-refractivity contribution in [2.75, 3.05) is 6.54 Å². The molecule has 0 radical (unpaired) electrons. The van der Waals surface area contributed by atoms with E-state index in [1.807, 2.05) is 6.92 Å². The van der Waals surface area contributed by atoms with Crippen LogP contribution in [-0.4, -0.2) is 30.4 Å². The number of nitrogens with zero attached hydrogens (tertiary/aromatic N) is 1. The van der Waals surface area contributed by atoms with Gasteiger partial charge in [-0.25, -0.2) is 8.42 Å². The van der Waals surface area contributed by atoms with Gasteiger partial charge < -0.3 is 5.11 Å². The molecule has 0 amide bonds. The second-order valence-electron chi connectivity index (χ2n) is 3.95. The van der Waals surface area contributed by atoms with Crippen molar-refractivity contribution < 1.29 is 13.5 Å². The molecule has 2 rings (SSSR count). The molecule has 0 spiro atoms. The van der Waals surface area contributed by atoms with Crippen molar-refractivity contribution in [3.05, 3.63) is 14.7 Å². The lowest BCUT2D eigenvalue weighted by Crippen LogP contribution is -2.32. The highest BCUT2D eigenvalue weighted by Gasteiger charge is 2.38. The Morgan fingerprint density at radius 1 is 1.59 bits per heavy atom. The molecule has 0 bridgehead atoms. The fourth-order valence-corrected chi connectivity index (χ4v) is 5.95. The zero-order valence-corrected chi connectivity index (χ0v) is 12.6. The van der Waals surface area contributed by atoms with Crippen LogP contribution in [0.3, 0.4) is 0 Å². The smallest absolute Gasteiger partial charge is 0.245 e. The second-order valence-corrected chi connectivity index (χ2v) is 8.26. The number of sulfonamides is 1. The summed E-state index contributed by atoms with van der Waals surface area (Å²) >= 11 is 4.52. The molecule has 1 aliphatic rings. The van der Waals surface area contributed by atoms with Crippen molar-refractivity contribution in [2.45, 2.75) is 37.3 Å². The topological polar surface area (TPSA) is 57.6 Å². The van der Waals surface area contributed by atoms with E-state index in [-0.39, 0.29) is 17.5 Å². The number of hydrogen-bond acceptors (Lipinski definition) is 4. The molecule has 1 N–H and O–H groups in total. The van der Waals surface area contributed by atoms with E-state index in [1.54, 1.807) is 10.4 Å². The molecule has 4 nitrogen and oxygen atoms in total. The van der Waals surface area contributed by atoms with Gasteiger partial charge in [0.15, 0.2) is 0 Å². The standard InChI is InChI=1S/C10H14BrNO3S2/c1-2-12(7-3-4-7)17(14,15)9-5-8(6-13)16-10(9)11/h5,7,13H,2-4,6H2,1H3.